The van der Waals surface area contributed by atoms with Crippen LogP contribution in [0.5, 0.6) is 0 Å². The summed E-state index contributed by atoms with van der Waals surface area (Å²) in [6.07, 6.45) is 1.73. The van der Waals surface area contributed by atoms with Crippen molar-refractivity contribution in [3.8, 4) is 0 Å². The first-order valence-electron chi connectivity index (χ1n) is 5.76. The molecule has 1 aromatic heterocycles. The van der Waals surface area contributed by atoms with Gasteiger partial charge in [0.05, 0.1) is 10.9 Å². The van der Waals surface area contributed by atoms with Crippen LogP contribution < -0.4 is 5.73 Å². The number of rotatable bonds is 4. The lowest BCUT2D eigenvalue weighted by Gasteiger charge is -2.19. The lowest BCUT2D eigenvalue weighted by molar-refractivity contribution is 0.600. The largest absolute Gasteiger partial charge is 0.327 e. The third kappa shape index (κ3) is 3.09. The Morgan fingerprint density at radius 1 is 1.17 bits per heavy atom. The number of hydrogen-bond donors (Lipinski definition) is 1. The highest BCUT2D eigenvalue weighted by Crippen LogP contribution is 2.37. The molecule has 2 N–H and O–H groups in total. The molecule has 2 nitrogen and oxygen atoms in total. The van der Waals surface area contributed by atoms with Crippen LogP contribution in [0.25, 0.3) is 0 Å². The first-order valence-corrected chi connectivity index (χ1v) is 6.64. The van der Waals surface area contributed by atoms with Crippen LogP contribution in [0.4, 0.5) is 4.39 Å². The number of thioether (sulfide) groups is 1. The Hall–Kier alpha value is -1.39. The van der Waals surface area contributed by atoms with E-state index in [-0.39, 0.29) is 17.1 Å². The smallest absolute Gasteiger partial charge is 0.136 e. The van der Waals surface area contributed by atoms with Crippen LogP contribution >= 0.6 is 11.8 Å². The van der Waals surface area contributed by atoms with Gasteiger partial charge in [-0.2, -0.15) is 0 Å². The fourth-order valence-electron chi connectivity index (χ4n) is 1.66. The van der Waals surface area contributed by atoms with Crippen LogP contribution in [0.2, 0.25) is 0 Å². The van der Waals surface area contributed by atoms with Crippen LogP contribution in [-0.4, -0.2) is 11.0 Å². The molecule has 2 aromatic rings. The van der Waals surface area contributed by atoms with Gasteiger partial charge < -0.3 is 5.73 Å². The molecule has 0 saturated heterocycles. The Morgan fingerprint density at radius 2 is 1.89 bits per heavy atom. The Kier molecular flexibility index (Phi) is 4.33. The maximum atomic E-state index is 13.6. The highest BCUT2D eigenvalue weighted by molar-refractivity contribution is 7.99. The summed E-state index contributed by atoms with van der Waals surface area (Å²) >= 11 is 1.41. The molecular formula is C14H15FN2S. The summed E-state index contributed by atoms with van der Waals surface area (Å²) in [5, 5.41) is -0.0527. The van der Waals surface area contributed by atoms with Gasteiger partial charge in [0, 0.05) is 17.1 Å². The van der Waals surface area contributed by atoms with Crippen molar-refractivity contribution < 1.29 is 4.39 Å². The molecule has 4 heteroatoms. The molecule has 2 unspecified atom stereocenters. The number of nitrogens with two attached hydrogens (primary N) is 1. The Labute approximate surface area is 110 Å². The summed E-state index contributed by atoms with van der Waals surface area (Å²) in [6.45, 7) is 1.91. The Balaban J connectivity index is 2.26. The molecule has 0 fully saturated rings. The molecule has 1 heterocycles. The zero-order chi connectivity index (χ0) is 13.0. The maximum absolute atomic E-state index is 13.6. The van der Waals surface area contributed by atoms with E-state index in [0.29, 0.717) is 4.90 Å². The predicted molar refractivity (Wildman–Crippen MR) is 72.9 cm³/mol. The van der Waals surface area contributed by atoms with Gasteiger partial charge in [-0.05, 0) is 31.2 Å². The van der Waals surface area contributed by atoms with E-state index in [0.717, 1.165) is 5.69 Å². The Morgan fingerprint density at radius 3 is 2.50 bits per heavy atom. The highest BCUT2D eigenvalue weighted by atomic mass is 32.2. The lowest BCUT2D eigenvalue weighted by Crippen LogP contribution is -2.23. The van der Waals surface area contributed by atoms with E-state index >= 15 is 0 Å². The van der Waals surface area contributed by atoms with Crippen molar-refractivity contribution in [3.05, 3.63) is 60.2 Å². The van der Waals surface area contributed by atoms with E-state index < -0.39 is 0 Å². The number of nitrogens with zero attached hydrogens (tertiary/aromatic N) is 1. The van der Waals surface area contributed by atoms with Gasteiger partial charge in [0.15, 0.2) is 0 Å². The summed E-state index contributed by atoms with van der Waals surface area (Å²) in [6, 6.07) is 12.3. The minimum absolute atomic E-state index is 0.0527. The fraction of sp³-hybridized carbons (Fsp3) is 0.214. The molecule has 0 aliphatic rings. The van der Waals surface area contributed by atoms with Crippen molar-refractivity contribution >= 4 is 11.8 Å². The summed E-state index contributed by atoms with van der Waals surface area (Å²) in [5.41, 5.74) is 6.86. The van der Waals surface area contributed by atoms with E-state index in [4.69, 9.17) is 5.73 Å². The van der Waals surface area contributed by atoms with Crippen LogP contribution in [0, 0.1) is 5.82 Å². The number of halogens is 1. The van der Waals surface area contributed by atoms with Gasteiger partial charge in [-0.3, -0.25) is 4.98 Å². The van der Waals surface area contributed by atoms with Gasteiger partial charge >= 0.3 is 0 Å². The Bertz CT molecular complexity index is 502. The van der Waals surface area contributed by atoms with Crippen LogP contribution in [0.1, 0.15) is 17.9 Å². The highest BCUT2D eigenvalue weighted by Gasteiger charge is 2.20. The van der Waals surface area contributed by atoms with Crippen LogP contribution in [0.15, 0.2) is 53.6 Å². The van der Waals surface area contributed by atoms with E-state index in [1.807, 2.05) is 31.2 Å². The molecule has 0 aliphatic carbocycles. The maximum Gasteiger partial charge on any atom is 0.136 e. The van der Waals surface area contributed by atoms with Gasteiger partial charge in [0.1, 0.15) is 5.82 Å². The monoisotopic (exact) mass is 262 g/mol. The molecule has 1 aromatic carbocycles. The lowest BCUT2D eigenvalue weighted by atomic mass is 10.2. The van der Waals surface area contributed by atoms with Crippen molar-refractivity contribution in [2.45, 2.75) is 23.1 Å². The zero-order valence-corrected chi connectivity index (χ0v) is 10.9. The quantitative estimate of drug-likeness (QED) is 0.858. The first-order chi connectivity index (χ1) is 8.68. The molecule has 0 amide bonds. The topological polar surface area (TPSA) is 38.9 Å². The molecule has 94 valence electrons. The van der Waals surface area contributed by atoms with Gasteiger partial charge in [-0.15, -0.1) is 11.8 Å². The third-order valence-corrected chi connectivity index (χ3v) is 4.06. The molecule has 18 heavy (non-hydrogen) atoms. The average molecular weight is 262 g/mol. The molecule has 0 aliphatic heterocycles. The summed E-state index contributed by atoms with van der Waals surface area (Å²) < 4.78 is 13.6. The normalized spacial score (nSPS) is 14.2. The molecule has 2 rings (SSSR count). The van der Waals surface area contributed by atoms with E-state index in [1.165, 1.54) is 17.8 Å². The van der Waals surface area contributed by atoms with E-state index in [1.54, 1.807) is 18.3 Å². The van der Waals surface area contributed by atoms with Crippen LogP contribution in [-0.2, 0) is 0 Å². The second kappa shape index (κ2) is 5.98. The predicted octanol–water partition coefficient (Wildman–Crippen LogP) is 3.40. The van der Waals surface area contributed by atoms with Crippen molar-refractivity contribution in [1.29, 1.82) is 0 Å². The molecule has 0 spiro atoms. The molecule has 0 bridgehead atoms. The average Bonchev–Trinajstić information content (AvgIpc) is 2.38. The van der Waals surface area contributed by atoms with E-state index in [2.05, 4.69) is 4.98 Å². The van der Waals surface area contributed by atoms with Gasteiger partial charge in [0.2, 0.25) is 0 Å². The summed E-state index contributed by atoms with van der Waals surface area (Å²) in [5.74, 6) is -0.218. The molecule has 2 atom stereocenters. The second-order valence-electron chi connectivity index (χ2n) is 4.08. The number of aromatic nitrogens is 1. The van der Waals surface area contributed by atoms with Crippen LogP contribution in [0.3, 0.4) is 0 Å². The number of hydrogen-bond acceptors (Lipinski definition) is 3. The van der Waals surface area contributed by atoms with Crippen molar-refractivity contribution in [2.24, 2.45) is 5.73 Å². The van der Waals surface area contributed by atoms with Gasteiger partial charge in [-0.1, -0.05) is 18.2 Å². The van der Waals surface area contributed by atoms with Crippen molar-refractivity contribution in [2.75, 3.05) is 0 Å². The zero-order valence-electron chi connectivity index (χ0n) is 10.1. The molecule has 0 radical (unpaired) electrons. The first kappa shape index (κ1) is 13.1. The second-order valence-corrected chi connectivity index (χ2v) is 5.27. The minimum Gasteiger partial charge on any atom is -0.327 e. The van der Waals surface area contributed by atoms with Crippen molar-refractivity contribution in [3.63, 3.8) is 0 Å². The minimum atomic E-state index is -0.218. The molecular weight excluding hydrogens is 247 g/mol. The van der Waals surface area contributed by atoms with Gasteiger partial charge in [-0.25, -0.2) is 4.39 Å². The number of benzene rings is 1. The third-order valence-electron chi connectivity index (χ3n) is 2.55. The summed E-state index contributed by atoms with van der Waals surface area (Å²) in [7, 11) is 0. The number of pyridine rings is 1. The van der Waals surface area contributed by atoms with E-state index in [9.17, 15) is 4.39 Å². The van der Waals surface area contributed by atoms with Crippen molar-refractivity contribution in [1.82, 2.24) is 4.98 Å². The fourth-order valence-corrected chi connectivity index (χ4v) is 2.74. The van der Waals surface area contributed by atoms with Gasteiger partial charge in [0.25, 0.3) is 0 Å². The SMILES string of the molecule is CC(N)C(Sc1ccccc1F)c1ccccn1. The summed E-state index contributed by atoms with van der Waals surface area (Å²) in [4.78, 5) is 4.91. The standard InChI is InChI=1S/C14H15FN2S/c1-10(16)14(12-7-4-5-9-17-12)18-13-8-3-2-6-11(13)15/h2-10,14H,16H2,1H3. The molecule has 0 saturated carbocycles.